The van der Waals surface area contributed by atoms with Crippen molar-refractivity contribution in [3.63, 3.8) is 0 Å². The van der Waals surface area contributed by atoms with E-state index < -0.39 is 0 Å². The lowest BCUT2D eigenvalue weighted by Crippen LogP contribution is -2.29. The summed E-state index contributed by atoms with van der Waals surface area (Å²) in [7, 11) is 0. The van der Waals surface area contributed by atoms with Crippen LogP contribution in [0.15, 0.2) is 23.0 Å². The Morgan fingerprint density at radius 2 is 2.25 bits per heavy atom. The monoisotopic (exact) mass is 277 g/mol. The van der Waals surface area contributed by atoms with Gasteiger partial charge in [-0.1, -0.05) is 6.07 Å². The van der Waals surface area contributed by atoms with E-state index in [-0.39, 0.29) is 11.5 Å². The number of nitrogens with zero attached hydrogens (tertiary/aromatic N) is 2. The third-order valence-corrected chi connectivity index (χ3v) is 4.25. The van der Waals surface area contributed by atoms with Gasteiger partial charge in [0, 0.05) is 19.1 Å². The summed E-state index contributed by atoms with van der Waals surface area (Å²) >= 11 is 0. The molecule has 20 heavy (non-hydrogen) atoms. The molecule has 1 saturated heterocycles. The van der Waals surface area contributed by atoms with Crippen molar-refractivity contribution in [2.75, 3.05) is 13.1 Å². The summed E-state index contributed by atoms with van der Waals surface area (Å²) in [6.07, 6.45) is 1.09. The van der Waals surface area contributed by atoms with Crippen molar-refractivity contribution >= 4 is 11.0 Å². The number of nitrogens with one attached hydrogen (secondary N) is 1. The lowest BCUT2D eigenvalue weighted by Gasteiger charge is -2.20. The number of para-hydroxylation sites is 1. The summed E-state index contributed by atoms with van der Waals surface area (Å²) in [5.74, 6) is 0.0888. The van der Waals surface area contributed by atoms with Gasteiger partial charge in [0.2, 0.25) is 0 Å². The molecular formula is C15H20FN3O. The Bertz CT molecular complexity index is 673. The molecule has 0 spiro atoms. The molecule has 1 aromatic carbocycles. The Labute approximate surface area is 117 Å². The standard InChI is InChI=1S/C15H20FN3O/c1-10(2)18-7-6-11(8-18)9-19-13-5-3-4-12(16)14(13)17-15(19)20/h3-5,10-11H,6-9H2,1-2H3,(H,17,20). The Kier molecular flexibility index (Phi) is 3.38. The Morgan fingerprint density at radius 1 is 1.45 bits per heavy atom. The van der Waals surface area contributed by atoms with Crippen LogP contribution >= 0.6 is 0 Å². The maximum atomic E-state index is 13.7. The molecule has 1 aliphatic rings. The number of imidazole rings is 1. The molecule has 1 aromatic heterocycles. The predicted octanol–water partition coefficient (Wildman–Crippen LogP) is 2.20. The van der Waals surface area contributed by atoms with Gasteiger partial charge in [0.05, 0.1) is 5.52 Å². The van der Waals surface area contributed by atoms with Crippen LogP contribution in [-0.2, 0) is 6.54 Å². The van der Waals surface area contributed by atoms with Crippen LogP contribution < -0.4 is 5.69 Å². The van der Waals surface area contributed by atoms with E-state index in [2.05, 4.69) is 23.7 Å². The molecule has 1 aliphatic heterocycles. The van der Waals surface area contributed by atoms with Gasteiger partial charge < -0.3 is 9.88 Å². The number of benzene rings is 1. The summed E-state index contributed by atoms with van der Waals surface area (Å²) in [6.45, 7) is 7.12. The van der Waals surface area contributed by atoms with Gasteiger partial charge >= 0.3 is 5.69 Å². The predicted molar refractivity (Wildman–Crippen MR) is 77.3 cm³/mol. The third kappa shape index (κ3) is 2.26. The van der Waals surface area contributed by atoms with Crippen molar-refractivity contribution in [1.82, 2.24) is 14.5 Å². The molecule has 4 nitrogen and oxygen atoms in total. The lowest BCUT2D eigenvalue weighted by atomic mass is 10.1. The number of aromatic nitrogens is 2. The molecular weight excluding hydrogens is 257 g/mol. The van der Waals surface area contributed by atoms with Gasteiger partial charge in [-0.15, -0.1) is 0 Å². The minimum atomic E-state index is -0.367. The molecule has 2 heterocycles. The summed E-state index contributed by atoms with van der Waals surface area (Å²) in [5, 5.41) is 0. The molecule has 0 bridgehead atoms. The smallest absolute Gasteiger partial charge is 0.303 e. The third-order valence-electron chi connectivity index (χ3n) is 4.25. The van der Waals surface area contributed by atoms with E-state index in [0.29, 0.717) is 29.5 Å². The number of aromatic amines is 1. The van der Waals surface area contributed by atoms with Crippen molar-refractivity contribution in [3.05, 3.63) is 34.5 Å². The van der Waals surface area contributed by atoms with Gasteiger partial charge in [0.1, 0.15) is 11.3 Å². The van der Waals surface area contributed by atoms with Gasteiger partial charge in [0.25, 0.3) is 0 Å². The highest BCUT2D eigenvalue weighted by Crippen LogP contribution is 2.22. The molecule has 2 aromatic rings. The van der Waals surface area contributed by atoms with Crippen molar-refractivity contribution in [2.24, 2.45) is 5.92 Å². The Balaban J connectivity index is 1.87. The van der Waals surface area contributed by atoms with E-state index in [9.17, 15) is 9.18 Å². The highest BCUT2D eigenvalue weighted by Gasteiger charge is 2.25. The minimum Gasteiger partial charge on any atom is -0.303 e. The van der Waals surface area contributed by atoms with Gasteiger partial charge in [-0.25, -0.2) is 9.18 Å². The topological polar surface area (TPSA) is 41.0 Å². The number of fused-ring (bicyclic) bond motifs is 1. The van der Waals surface area contributed by atoms with Gasteiger partial charge in [0.15, 0.2) is 0 Å². The number of H-pyrrole nitrogens is 1. The zero-order valence-electron chi connectivity index (χ0n) is 11.9. The quantitative estimate of drug-likeness (QED) is 0.934. The average molecular weight is 277 g/mol. The molecule has 108 valence electrons. The molecule has 0 aliphatic carbocycles. The molecule has 1 N–H and O–H groups in total. The van der Waals surface area contributed by atoms with Crippen molar-refractivity contribution in [1.29, 1.82) is 0 Å². The molecule has 1 unspecified atom stereocenters. The summed E-state index contributed by atoms with van der Waals surface area (Å²) < 4.78 is 15.3. The van der Waals surface area contributed by atoms with Gasteiger partial charge in [-0.3, -0.25) is 4.57 Å². The highest BCUT2D eigenvalue weighted by molar-refractivity contribution is 5.75. The number of halogens is 1. The van der Waals surface area contributed by atoms with Crippen LogP contribution in [0.2, 0.25) is 0 Å². The van der Waals surface area contributed by atoms with E-state index in [1.165, 1.54) is 6.07 Å². The average Bonchev–Trinajstić information content (AvgIpc) is 2.98. The van der Waals surface area contributed by atoms with Crippen LogP contribution in [0, 0.1) is 11.7 Å². The molecule has 3 rings (SSSR count). The normalized spacial score (nSPS) is 20.3. The second-order valence-corrected chi connectivity index (χ2v) is 5.92. The SMILES string of the molecule is CC(C)N1CCC(Cn2c(=O)[nH]c3c(F)cccc32)C1. The van der Waals surface area contributed by atoms with Gasteiger partial charge in [-0.2, -0.15) is 0 Å². The van der Waals surface area contributed by atoms with Crippen LogP contribution in [0.25, 0.3) is 11.0 Å². The van der Waals surface area contributed by atoms with Crippen molar-refractivity contribution in [2.45, 2.75) is 32.9 Å². The highest BCUT2D eigenvalue weighted by atomic mass is 19.1. The zero-order chi connectivity index (χ0) is 14.3. The number of hydrogen-bond donors (Lipinski definition) is 1. The minimum absolute atomic E-state index is 0.215. The Morgan fingerprint density at radius 3 is 2.95 bits per heavy atom. The molecule has 5 heteroatoms. The van der Waals surface area contributed by atoms with Crippen molar-refractivity contribution < 1.29 is 4.39 Å². The zero-order valence-corrected chi connectivity index (χ0v) is 11.9. The molecule has 0 radical (unpaired) electrons. The fraction of sp³-hybridized carbons (Fsp3) is 0.533. The first-order valence-corrected chi connectivity index (χ1v) is 7.17. The summed E-state index contributed by atoms with van der Waals surface area (Å²) in [4.78, 5) is 17.1. The summed E-state index contributed by atoms with van der Waals surface area (Å²) in [5.41, 5.74) is 0.766. The second-order valence-electron chi connectivity index (χ2n) is 5.92. The molecule has 1 atom stereocenters. The fourth-order valence-corrected chi connectivity index (χ4v) is 3.07. The van der Waals surface area contributed by atoms with Crippen LogP contribution in [0.4, 0.5) is 4.39 Å². The van der Waals surface area contributed by atoms with Crippen LogP contribution in [0.1, 0.15) is 20.3 Å². The lowest BCUT2D eigenvalue weighted by molar-refractivity contribution is 0.261. The van der Waals surface area contributed by atoms with Crippen LogP contribution in [-0.4, -0.2) is 33.6 Å². The van der Waals surface area contributed by atoms with E-state index in [0.717, 1.165) is 19.5 Å². The maximum Gasteiger partial charge on any atom is 0.326 e. The van der Waals surface area contributed by atoms with Crippen molar-refractivity contribution in [3.8, 4) is 0 Å². The van der Waals surface area contributed by atoms with E-state index >= 15 is 0 Å². The first kappa shape index (κ1) is 13.4. The van der Waals surface area contributed by atoms with Gasteiger partial charge in [-0.05, 0) is 44.9 Å². The first-order chi connectivity index (χ1) is 9.56. The Hall–Kier alpha value is -1.62. The second kappa shape index (κ2) is 5.05. The molecule has 1 fully saturated rings. The van der Waals surface area contributed by atoms with E-state index in [4.69, 9.17) is 0 Å². The molecule has 0 amide bonds. The first-order valence-electron chi connectivity index (χ1n) is 7.17. The number of hydrogen-bond acceptors (Lipinski definition) is 2. The number of likely N-dealkylation sites (tertiary alicyclic amines) is 1. The largest absolute Gasteiger partial charge is 0.326 e. The summed E-state index contributed by atoms with van der Waals surface area (Å²) in [6, 6.07) is 5.36. The van der Waals surface area contributed by atoms with E-state index in [1.54, 1.807) is 16.7 Å². The van der Waals surface area contributed by atoms with E-state index in [1.807, 2.05) is 0 Å². The fourth-order valence-electron chi connectivity index (χ4n) is 3.07. The van der Waals surface area contributed by atoms with Crippen LogP contribution in [0.3, 0.4) is 0 Å². The number of rotatable bonds is 3. The van der Waals surface area contributed by atoms with Crippen LogP contribution in [0.5, 0.6) is 0 Å². The molecule has 0 saturated carbocycles. The maximum absolute atomic E-state index is 13.7.